The number of amides is 1. The van der Waals surface area contributed by atoms with Crippen LogP contribution in [0.1, 0.15) is 30.6 Å². The monoisotopic (exact) mass is 294 g/mol. The first kappa shape index (κ1) is 14.5. The van der Waals surface area contributed by atoms with Crippen molar-refractivity contribution < 1.29 is 9.90 Å². The second-order valence-electron chi connectivity index (χ2n) is 5.79. The maximum absolute atomic E-state index is 12.5. The Balaban J connectivity index is 1.86. The molecule has 0 saturated heterocycles. The van der Waals surface area contributed by atoms with Gasteiger partial charge in [0.2, 0.25) is 0 Å². The van der Waals surface area contributed by atoms with Gasteiger partial charge in [-0.25, -0.2) is 0 Å². The Morgan fingerprint density at radius 1 is 1.09 bits per heavy atom. The van der Waals surface area contributed by atoms with Crippen LogP contribution in [0.5, 0.6) is 0 Å². The van der Waals surface area contributed by atoms with Gasteiger partial charge in [-0.2, -0.15) is 10.1 Å². The third-order valence-corrected chi connectivity index (χ3v) is 3.75. The Hall–Kier alpha value is -2.46. The van der Waals surface area contributed by atoms with E-state index in [9.17, 15) is 9.90 Å². The van der Waals surface area contributed by atoms with Crippen molar-refractivity contribution in [3.8, 4) is 11.1 Å². The fourth-order valence-electron chi connectivity index (χ4n) is 2.70. The van der Waals surface area contributed by atoms with E-state index < -0.39 is 5.72 Å². The maximum Gasteiger partial charge on any atom is 0.276 e. The molecule has 22 heavy (non-hydrogen) atoms. The number of carbonyl (C=O) groups excluding carboxylic acids is 1. The van der Waals surface area contributed by atoms with Crippen molar-refractivity contribution in [3.05, 3.63) is 60.2 Å². The summed E-state index contributed by atoms with van der Waals surface area (Å²) in [7, 11) is 0. The molecule has 1 atom stereocenters. The molecule has 0 fully saturated rings. The summed E-state index contributed by atoms with van der Waals surface area (Å²) in [6, 6.07) is 17.3. The Labute approximate surface area is 129 Å². The summed E-state index contributed by atoms with van der Waals surface area (Å²) in [6.45, 7) is 3.41. The summed E-state index contributed by atoms with van der Waals surface area (Å²) in [6.07, 6.45) is 0.376. The standard InChI is InChI=1S/C18H18N2O2/c1-13-12-18(2,22)20(19-13)17(21)16-10-8-15(9-11-16)14-6-4-3-5-7-14/h3-11,22H,12H2,1-2H3/t18-/m0/s1. The fourth-order valence-corrected chi connectivity index (χ4v) is 2.70. The van der Waals surface area contributed by atoms with Crippen LogP contribution in [0.4, 0.5) is 0 Å². The third kappa shape index (κ3) is 2.65. The number of hydrogen-bond acceptors (Lipinski definition) is 3. The van der Waals surface area contributed by atoms with Gasteiger partial charge in [-0.05, 0) is 37.1 Å². The van der Waals surface area contributed by atoms with Gasteiger partial charge >= 0.3 is 0 Å². The molecule has 0 aromatic heterocycles. The lowest BCUT2D eigenvalue weighted by molar-refractivity contribution is -0.0553. The second-order valence-corrected chi connectivity index (χ2v) is 5.79. The van der Waals surface area contributed by atoms with Gasteiger partial charge in [0.15, 0.2) is 5.72 Å². The molecule has 4 nitrogen and oxygen atoms in total. The zero-order valence-electron chi connectivity index (χ0n) is 12.7. The Morgan fingerprint density at radius 2 is 1.68 bits per heavy atom. The summed E-state index contributed by atoms with van der Waals surface area (Å²) in [5.41, 5.74) is 2.16. The van der Waals surface area contributed by atoms with E-state index >= 15 is 0 Å². The van der Waals surface area contributed by atoms with Crippen LogP contribution in [0.3, 0.4) is 0 Å². The van der Waals surface area contributed by atoms with E-state index in [2.05, 4.69) is 5.10 Å². The number of rotatable bonds is 2. The van der Waals surface area contributed by atoms with Gasteiger partial charge in [0.25, 0.3) is 5.91 Å². The Morgan fingerprint density at radius 3 is 2.23 bits per heavy atom. The van der Waals surface area contributed by atoms with Crippen molar-refractivity contribution in [2.24, 2.45) is 5.10 Å². The predicted octanol–water partition coefficient (Wildman–Crippen LogP) is 3.28. The average Bonchev–Trinajstić information content (AvgIpc) is 2.80. The minimum atomic E-state index is -1.25. The average molecular weight is 294 g/mol. The Kier molecular flexibility index (Phi) is 3.54. The SMILES string of the molecule is CC1=NN(C(=O)c2ccc(-c3ccccc3)cc2)[C@@](C)(O)C1. The molecule has 2 aromatic carbocycles. The number of hydrazone groups is 1. The summed E-state index contributed by atoms with van der Waals surface area (Å²) in [4.78, 5) is 12.5. The molecule has 2 aromatic rings. The maximum atomic E-state index is 12.5. The Bertz CT molecular complexity index is 719. The van der Waals surface area contributed by atoms with E-state index in [1.54, 1.807) is 26.0 Å². The van der Waals surface area contributed by atoms with Gasteiger partial charge in [-0.3, -0.25) is 4.79 Å². The van der Waals surface area contributed by atoms with Crippen molar-refractivity contribution in [2.75, 3.05) is 0 Å². The van der Waals surface area contributed by atoms with Crippen molar-refractivity contribution in [1.82, 2.24) is 5.01 Å². The van der Waals surface area contributed by atoms with Crippen molar-refractivity contribution in [1.29, 1.82) is 0 Å². The summed E-state index contributed by atoms with van der Waals surface area (Å²) in [5.74, 6) is -0.290. The first-order valence-electron chi connectivity index (χ1n) is 7.24. The van der Waals surface area contributed by atoms with Crippen LogP contribution in [0, 0.1) is 0 Å². The fraction of sp³-hybridized carbons (Fsp3) is 0.222. The normalized spacial score (nSPS) is 20.9. The van der Waals surface area contributed by atoms with Gasteiger partial charge < -0.3 is 5.11 Å². The van der Waals surface area contributed by atoms with E-state index in [4.69, 9.17) is 0 Å². The van der Waals surface area contributed by atoms with Gasteiger partial charge in [-0.1, -0.05) is 42.5 Å². The summed E-state index contributed by atoms with van der Waals surface area (Å²) < 4.78 is 0. The van der Waals surface area contributed by atoms with Crippen LogP contribution in [-0.4, -0.2) is 27.5 Å². The molecule has 1 N–H and O–H groups in total. The molecule has 0 spiro atoms. The topological polar surface area (TPSA) is 52.9 Å². The lowest BCUT2D eigenvalue weighted by atomic mass is 10.0. The van der Waals surface area contributed by atoms with Crippen LogP contribution in [0.2, 0.25) is 0 Å². The number of nitrogens with zero attached hydrogens (tertiary/aromatic N) is 2. The van der Waals surface area contributed by atoms with Crippen LogP contribution in [0.15, 0.2) is 59.7 Å². The molecule has 3 rings (SSSR count). The van der Waals surface area contributed by atoms with E-state index in [1.807, 2.05) is 42.5 Å². The van der Waals surface area contributed by atoms with Gasteiger partial charge in [0.05, 0.1) is 0 Å². The molecular formula is C18H18N2O2. The lowest BCUT2D eigenvalue weighted by Crippen LogP contribution is -2.43. The quantitative estimate of drug-likeness (QED) is 0.924. The van der Waals surface area contributed by atoms with Crippen molar-refractivity contribution in [2.45, 2.75) is 26.0 Å². The first-order valence-corrected chi connectivity index (χ1v) is 7.24. The molecule has 1 heterocycles. The lowest BCUT2D eigenvalue weighted by Gasteiger charge is -2.27. The van der Waals surface area contributed by atoms with Crippen molar-refractivity contribution >= 4 is 11.6 Å². The highest BCUT2D eigenvalue weighted by Crippen LogP contribution is 2.27. The molecule has 0 bridgehead atoms. The first-order chi connectivity index (χ1) is 10.5. The number of benzene rings is 2. The van der Waals surface area contributed by atoms with Gasteiger partial charge in [0.1, 0.15) is 0 Å². The van der Waals surface area contributed by atoms with E-state index in [0.29, 0.717) is 12.0 Å². The minimum absolute atomic E-state index is 0.290. The zero-order chi connectivity index (χ0) is 15.7. The largest absolute Gasteiger partial charge is 0.369 e. The highest BCUT2D eigenvalue weighted by molar-refractivity contribution is 5.98. The molecule has 0 radical (unpaired) electrons. The second kappa shape index (κ2) is 5.39. The molecule has 1 aliphatic rings. The number of aliphatic hydroxyl groups is 1. The molecular weight excluding hydrogens is 276 g/mol. The smallest absolute Gasteiger partial charge is 0.276 e. The highest BCUT2D eigenvalue weighted by atomic mass is 16.3. The molecule has 112 valence electrons. The number of hydrogen-bond donors (Lipinski definition) is 1. The van der Waals surface area contributed by atoms with Crippen LogP contribution in [-0.2, 0) is 0 Å². The predicted molar refractivity (Wildman–Crippen MR) is 86.4 cm³/mol. The molecule has 4 heteroatoms. The van der Waals surface area contributed by atoms with E-state index in [0.717, 1.165) is 16.8 Å². The van der Waals surface area contributed by atoms with Crippen LogP contribution >= 0.6 is 0 Å². The molecule has 1 aliphatic heterocycles. The molecule has 1 amide bonds. The molecule has 0 unspecified atom stereocenters. The zero-order valence-corrected chi connectivity index (χ0v) is 12.7. The van der Waals surface area contributed by atoms with Gasteiger partial charge in [-0.15, -0.1) is 0 Å². The van der Waals surface area contributed by atoms with E-state index in [-0.39, 0.29) is 5.91 Å². The van der Waals surface area contributed by atoms with Crippen LogP contribution in [0.25, 0.3) is 11.1 Å². The van der Waals surface area contributed by atoms with Gasteiger partial charge in [0, 0.05) is 17.7 Å². The van der Waals surface area contributed by atoms with E-state index in [1.165, 1.54) is 5.01 Å². The third-order valence-electron chi connectivity index (χ3n) is 3.75. The summed E-state index contributed by atoms with van der Waals surface area (Å²) in [5, 5.41) is 15.6. The number of carbonyl (C=O) groups is 1. The molecule has 0 aliphatic carbocycles. The summed E-state index contributed by atoms with van der Waals surface area (Å²) >= 11 is 0. The minimum Gasteiger partial charge on any atom is -0.369 e. The highest BCUT2D eigenvalue weighted by Gasteiger charge is 2.39. The van der Waals surface area contributed by atoms with Crippen LogP contribution < -0.4 is 0 Å². The van der Waals surface area contributed by atoms with Crippen molar-refractivity contribution in [3.63, 3.8) is 0 Å². The molecule has 0 saturated carbocycles.